The number of nitrogens with zero attached hydrogens (tertiary/aromatic N) is 1. The summed E-state index contributed by atoms with van der Waals surface area (Å²) in [5.41, 5.74) is 0.0405. The molecular weight excluding hydrogens is 335 g/mol. The van der Waals surface area contributed by atoms with Crippen LogP contribution in [0.4, 0.5) is 0 Å². The van der Waals surface area contributed by atoms with Gasteiger partial charge in [0.25, 0.3) is 5.91 Å². The van der Waals surface area contributed by atoms with Gasteiger partial charge in [0, 0.05) is 6.54 Å². The van der Waals surface area contributed by atoms with E-state index in [1.54, 1.807) is 19.7 Å². The SMILES string of the molecule is C/C=C\C(C)(C)CCC(NCC(=O)N(O)CC)P(C)(=O)CC.C=CC. The van der Waals surface area contributed by atoms with Crippen molar-refractivity contribution in [3.05, 3.63) is 24.8 Å². The van der Waals surface area contributed by atoms with E-state index < -0.39 is 13.0 Å². The zero-order valence-corrected chi connectivity index (χ0v) is 18.1. The van der Waals surface area contributed by atoms with Gasteiger partial charge in [-0.3, -0.25) is 15.3 Å². The van der Waals surface area contributed by atoms with Gasteiger partial charge in [-0.05, 0) is 51.9 Å². The van der Waals surface area contributed by atoms with Crippen LogP contribution in [0.3, 0.4) is 0 Å². The molecule has 0 heterocycles. The van der Waals surface area contributed by atoms with Gasteiger partial charge < -0.3 is 4.57 Å². The maximum absolute atomic E-state index is 12.7. The van der Waals surface area contributed by atoms with E-state index in [2.05, 4.69) is 31.8 Å². The fourth-order valence-corrected chi connectivity index (χ4v) is 3.90. The lowest BCUT2D eigenvalue weighted by Crippen LogP contribution is -2.40. The molecule has 6 heteroatoms. The first-order valence-corrected chi connectivity index (χ1v) is 11.4. The van der Waals surface area contributed by atoms with E-state index in [9.17, 15) is 14.6 Å². The van der Waals surface area contributed by atoms with E-state index in [1.165, 1.54) is 0 Å². The van der Waals surface area contributed by atoms with Crippen molar-refractivity contribution in [3.63, 3.8) is 0 Å². The van der Waals surface area contributed by atoms with E-state index in [0.29, 0.717) is 11.2 Å². The second-order valence-electron chi connectivity index (χ2n) is 6.93. The van der Waals surface area contributed by atoms with Gasteiger partial charge in [-0.2, -0.15) is 0 Å². The molecule has 0 rings (SSSR count). The van der Waals surface area contributed by atoms with Crippen LogP contribution >= 0.6 is 7.14 Å². The Morgan fingerprint density at radius 3 is 2.28 bits per heavy atom. The number of hydrogen-bond acceptors (Lipinski definition) is 4. The van der Waals surface area contributed by atoms with Crippen molar-refractivity contribution in [1.29, 1.82) is 0 Å². The molecule has 0 fully saturated rings. The molecule has 0 aliphatic heterocycles. The lowest BCUT2D eigenvalue weighted by atomic mass is 9.87. The first kappa shape index (κ1) is 26.3. The molecule has 0 saturated carbocycles. The Hall–Kier alpha value is -0.900. The molecule has 1 amide bonds. The van der Waals surface area contributed by atoms with Crippen LogP contribution in [0.5, 0.6) is 0 Å². The Balaban J connectivity index is 0. The number of carbonyl (C=O) groups excluding carboxylic acids is 1. The molecule has 0 spiro atoms. The topological polar surface area (TPSA) is 69.6 Å². The summed E-state index contributed by atoms with van der Waals surface area (Å²) in [6.45, 7) is 17.2. The fraction of sp³-hybridized carbons (Fsp3) is 0.737. The van der Waals surface area contributed by atoms with Crippen LogP contribution in [0, 0.1) is 5.41 Å². The van der Waals surface area contributed by atoms with Gasteiger partial charge >= 0.3 is 0 Å². The molecular formula is C19H39N2O3P. The molecule has 0 aliphatic rings. The molecule has 148 valence electrons. The van der Waals surface area contributed by atoms with E-state index >= 15 is 0 Å². The summed E-state index contributed by atoms with van der Waals surface area (Å²) in [7, 11) is -2.37. The van der Waals surface area contributed by atoms with E-state index in [-0.39, 0.29) is 24.3 Å². The Kier molecular flexibility index (Phi) is 14.0. The molecule has 0 aromatic rings. The predicted octanol–water partition coefficient (Wildman–Crippen LogP) is 4.73. The summed E-state index contributed by atoms with van der Waals surface area (Å²) in [6, 6.07) is 0. The average molecular weight is 375 g/mol. The highest BCUT2D eigenvalue weighted by molar-refractivity contribution is 7.63. The minimum Gasteiger partial charge on any atom is -0.322 e. The standard InChI is InChI=1S/C16H33N2O3P.C3H6/c1-7-11-16(4,5)12-10-14(22(6,21)9-3)17-13-15(19)18(20)8-2;1-3-2/h7,11,14,17,20H,8-10,12-13H2,1-6H3;3H,1H2,2H3/b11-7-;. The lowest BCUT2D eigenvalue weighted by Gasteiger charge is -2.29. The third-order valence-corrected chi connectivity index (χ3v) is 7.06. The molecule has 0 aromatic heterocycles. The third kappa shape index (κ3) is 12.1. The molecule has 2 atom stereocenters. The van der Waals surface area contributed by atoms with Gasteiger partial charge in [0.1, 0.15) is 7.14 Å². The maximum atomic E-state index is 12.7. The fourth-order valence-electron chi connectivity index (χ4n) is 2.30. The number of likely N-dealkylation sites (N-methyl/N-ethyl adjacent to an activating group) is 1. The van der Waals surface area contributed by atoms with Crippen molar-refractivity contribution >= 4 is 13.0 Å². The zero-order chi connectivity index (χ0) is 20.1. The highest BCUT2D eigenvalue weighted by Gasteiger charge is 2.28. The van der Waals surface area contributed by atoms with E-state index in [1.807, 2.05) is 26.8 Å². The van der Waals surface area contributed by atoms with Crippen molar-refractivity contribution < 1.29 is 14.6 Å². The van der Waals surface area contributed by atoms with Gasteiger partial charge in [0.15, 0.2) is 0 Å². The smallest absolute Gasteiger partial charge is 0.259 e. The van der Waals surface area contributed by atoms with Crippen molar-refractivity contribution in [2.24, 2.45) is 5.41 Å². The summed E-state index contributed by atoms with van der Waals surface area (Å²) < 4.78 is 12.7. The van der Waals surface area contributed by atoms with Gasteiger partial charge in [0.05, 0.1) is 12.3 Å². The van der Waals surface area contributed by atoms with Crippen molar-refractivity contribution in [2.45, 2.75) is 60.2 Å². The van der Waals surface area contributed by atoms with Gasteiger partial charge in [0.2, 0.25) is 0 Å². The van der Waals surface area contributed by atoms with Crippen LogP contribution in [-0.4, -0.2) is 47.9 Å². The zero-order valence-electron chi connectivity index (χ0n) is 17.2. The van der Waals surface area contributed by atoms with Crippen LogP contribution in [0.1, 0.15) is 54.4 Å². The number of nitrogens with one attached hydrogen (secondary N) is 1. The molecule has 2 N–H and O–H groups in total. The lowest BCUT2D eigenvalue weighted by molar-refractivity contribution is -0.163. The van der Waals surface area contributed by atoms with Crippen LogP contribution in [0.25, 0.3) is 0 Å². The largest absolute Gasteiger partial charge is 0.322 e. The van der Waals surface area contributed by atoms with Crippen molar-refractivity contribution in [1.82, 2.24) is 10.4 Å². The molecule has 0 saturated heterocycles. The number of hydrogen-bond donors (Lipinski definition) is 2. The molecule has 25 heavy (non-hydrogen) atoms. The average Bonchev–Trinajstić information content (AvgIpc) is 2.54. The molecule has 0 radical (unpaired) electrons. The quantitative estimate of drug-likeness (QED) is 0.251. The predicted molar refractivity (Wildman–Crippen MR) is 109 cm³/mol. The van der Waals surface area contributed by atoms with Gasteiger partial charge in [-0.25, -0.2) is 5.06 Å². The highest BCUT2D eigenvalue weighted by Crippen LogP contribution is 2.47. The first-order valence-electron chi connectivity index (χ1n) is 9.00. The van der Waals surface area contributed by atoms with Crippen molar-refractivity contribution in [2.75, 3.05) is 25.9 Å². The summed E-state index contributed by atoms with van der Waals surface area (Å²) in [6.07, 6.45) is 8.15. The first-order chi connectivity index (χ1) is 11.5. The van der Waals surface area contributed by atoms with Gasteiger partial charge in [-0.15, -0.1) is 6.58 Å². The number of rotatable bonds is 10. The second kappa shape index (κ2) is 13.3. The Labute approximate surface area is 154 Å². The maximum Gasteiger partial charge on any atom is 0.259 e. The summed E-state index contributed by atoms with van der Waals surface area (Å²) in [5, 5.41) is 13.2. The molecule has 5 nitrogen and oxygen atoms in total. The molecule has 2 unspecified atom stereocenters. The minimum atomic E-state index is -2.37. The number of allylic oxidation sites excluding steroid dienone is 3. The minimum absolute atomic E-state index is 0.0108. The Morgan fingerprint density at radius 1 is 1.36 bits per heavy atom. The summed E-state index contributed by atoms with van der Waals surface area (Å²) in [4.78, 5) is 11.7. The van der Waals surface area contributed by atoms with E-state index in [0.717, 1.165) is 12.8 Å². The molecule has 0 aliphatic carbocycles. The van der Waals surface area contributed by atoms with Crippen LogP contribution in [0.2, 0.25) is 0 Å². The van der Waals surface area contributed by atoms with Crippen LogP contribution < -0.4 is 5.32 Å². The highest BCUT2D eigenvalue weighted by atomic mass is 31.2. The third-order valence-electron chi connectivity index (χ3n) is 4.04. The number of amides is 1. The number of hydroxylamine groups is 2. The summed E-state index contributed by atoms with van der Waals surface area (Å²) >= 11 is 0. The number of carbonyl (C=O) groups is 1. The van der Waals surface area contributed by atoms with E-state index in [4.69, 9.17) is 0 Å². The normalized spacial score (nSPS) is 15.0. The second-order valence-corrected chi connectivity index (χ2v) is 10.5. The molecule has 0 aromatic carbocycles. The Bertz CT molecular complexity index is 462. The summed E-state index contributed by atoms with van der Waals surface area (Å²) in [5.74, 6) is -0.590. The van der Waals surface area contributed by atoms with Gasteiger partial charge in [-0.1, -0.05) is 39.0 Å². The Morgan fingerprint density at radius 2 is 1.88 bits per heavy atom. The monoisotopic (exact) mass is 374 g/mol. The molecule has 0 bridgehead atoms. The van der Waals surface area contributed by atoms with Crippen molar-refractivity contribution in [3.8, 4) is 0 Å². The van der Waals surface area contributed by atoms with Crippen LogP contribution in [0.15, 0.2) is 24.8 Å². The van der Waals surface area contributed by atoms with Crippen LogP contribution in [-0.2, 0) is 9.36 Å².